The van der Waals surface area contributed by atoms with Crippen LogP contribution < -0.4 is 10.7 Å². The Hall–Kier alpha value is -1.20. The third kappa shape index (κ3) is 4.15. The maximum absolute atomic E-state index is 12.8. The first-order chi connectivity index (χ1) is 9.56. The Morgan fingerprint density at radius 1 is 1.25 bits per heavy atom. The third-order valence-electron chi connectivity index (χ3n) is 3.79. The highest BCUT2D eigenvalue weighted by atomic mass is 32.1. The van der Waals surface area contributed by atoms with Crippen molar-refractivity contribution in [3.8, 4) is 0 Å². The van der Waals surface area contributed by atoms with Gasteiger partial charge >= 0.3 is 0 Å². The zero-order valence-corrected chi connectivity index (χ0v) is 12.8. The lowest BCUT2D eigenvalue weighted by Gasteiger charge is -2.39. The van der Waals surface area contributed by atoms with Crippen LogP contribution in [0.15, 0.2) is 24.3 Å². The summed E-state index contributed by atoms with van der Waals surface area (Å²) >= 11 is 5.33. The number of halogens is 1. The molecule has 0 saturated carbocycles. The van der Waals surface area contributed by atoms with Crippen molar-refractivity contribution in [3.63, 3.8) is 0 Å². The van der Waals surface area contributed by atoms with E-state index in [-0.39, 0.29) is 5.82 Å². The number of piperidine rings is 1. The van der Waals surface area contributed by atoms with Crippen LogP contribution >= 0.6 is 12.2 Å². The summed E-state index contributed by atoms with van der Waals surface area (Å²) < 4.78 is 12.8. The zero-order valence-electron chi connectivity index (χ0n) is 12.0. The van der Waals surface area contributed by atoms with Gasteiger partial charge in [-0.1, -0.05) is 18.6 Å². The summed E-state index contributed by atoms with van der Waals surface area (Å²) in [6.45, 7) is 5.03. The lowest BCUT2D eigenvalue weighted by molar-refractivity contribution is 0.0736. The standard InChI is InChI=1S/C15H22FN3S/c1-11-4-3-5-12(2)19(11)18-15(20)17-10-13-6-8-14(16)9-7-13/h6-9,11-12H,3-5,10H2,1-2H3,(H2,17,18,20)/t11-,12+. The molecule has 0 radical (unpaired) electrons. The molecule has 3 nitrogen and oxygen atoms in total. The van der Waals surface area contributed by atoms with Gasteiger partial charge in [-0.2, -0.15) is 0 Å². The number of hydrazine groups is 1. The van der Waals surface area contributed by atoms with E-state index in [0.29, 0.717) is 23.7 Å². The van der Waals surface area contributed by atoms with Crippen molar-refractivity contribution >= 4 is 17.3 Å². The second-order valence-corrected chi connectivity index (χ2v) is 5.87. The monoisotopic (exact) mass is 295 g/mol. The van der Waals surface area contributed by atoms with Gasteiger partial charge in [-0.15, -0.1) is 0 Å². The SMILES string of the molecule is C[C@@H]1CCC[C@H](C)N1NC(=S)NCc1ccc(F)cc1. The van der Waals surface area contributed by atoms with Gasteiger partial charge in [0, 0.05) is 18.6 Å². The molecule has 1 saturated heterocycles. The fraction of sp³-hybridized carbons (Fsp3) is 0.533. The molecule has 1 aromatic rings. The molecule has 2 N–H and O–H groups in total. The molecule has 0 spiro atoms. The minimum absolute atomic E-state index is 0.217. The Morgan fingerprint density at radius 3 is 2.45 bits per heavy atom. The molecule has 1 heterocycles. The summed E-state index contributed by atoms with van der Waals surface area (Å²) in [4.78, 5) is 0. The predicted octanol–water partition coefficient (Wildman–Crippen LogP) is 2.97. The van der Waals surface area contributed by atoms with Crippen LogP contribution in [-0.4, -0.2) is 22.2 Å². The molecule has 0 aliphatic carbocycles. The second kappa shape index (κ2) is 6.99. The van der Waals surface area contributed by atoms with Gasteiger partial charge in [0.15, 0.2) is 5.11 Å². The first-order valence-corrected chi connectivity index (χ1v) is 7.54. The molecule has 2 rings (SSSR count). The highest BCUT2D eigenvalue weighted by molar-refractivity contribution is 7.80. The Balaban J connectivity index is 1.81. The summed E-state index contributed by atoms with van der Waals surface area (Å²) in [6, 6.07) is 7.42. The smallest absolute Gasteiger partial charge is 0.181 e. The van der Waals surface area contributed by atoms with Crippen LogP contribution in [0.2, 0.25) is 0 Å². The van der Waals surface area contributed by atoms with Gasteiger partial charge in [-0.05, 0) is 56.6 Å². The van der Waals surface area contributed by atoms with Crippen molar-refractivity contribution in [2.45, 2.75) is 51.7 Å². The van der Waals surface area contributed by atoms with E-state index >= 15 is 0 Å². The highest BCUT2D eigenvalue weighted by Gasteiger charge is 2.25. The topological polar surface area (TPSA) is 27.3 Å². The van der Waals surface area contributed by atoms with E-state index in [1.807, 2.05) is 0 Å². The van der Waals surface area contributed by atoms with Crippen molar-refractivity contribution in [1.29, 1.82) is 0 Å². The summed E-state index contributed by atoms with van der Waals surface area (Å²) in [6.07, 6.45) is 3.66. The number of thiocarbonyl (C=S) groups is 1. The minimum atomic E-state index is -0.217. The van der Waals surface area contributed by atoms with Crippen LogP contribution in [0.1, 0.15) is 38.7 Å². The van der Waals surface area contributed by atoms with E-state index in [2.05, 4.69) is 29.6 Å². The predicted molar refractivity (Wildman–Crippen MR) is 83.6 cm³/mol. The van der Waals surface area contributed by atoms with Gasteiger partial charge < -0.3 is 5.32 Å². The van der Waals surface area contributed by atoms with E-state index < -0.39 is 0 Å². The largest absolute Gasteiger partial charge is 0.358 e. The van der Waals surface area contributed by atoms with Gasteiger partial charge in [0.25, 0.3) is 0 Å². The lowest BCUT2D eigenvalue weighted by atomic mass is 10.00. The van der Waals surface area contributed by atoms with Gasteiger partial charge in [-0.3, -0.25) is 5.43 Å². The van der Waals surface area contributed by atoms with Gasteiger partial charge in [0.1, 0.15) is 5.82 Å². The molecular formula is C15H22FN3S. The first kappa shape index (κ1) is 15.2. The Morgan fingerprint density at radius 2 is 1.85 bits per heavy atom. The number of hydrogen-bond acceptors (Lipinski definition) is 2. The van der Waals surface area contributed by atoms with E-state index in [4.69, 9.17) is 12.2 Å². The van der Waals surface area contributed by atoms with Gasteiger partial charge in [0.2, 0.25) is 0 Å². The fourth-order valence-electron chi connectivity index (χ4n) is 2.58. The molecule has 1 aliphatic heterocycles. The molecule has 0 bridgehead atoms. The average Bonchev–Trinajstić information content (AvgIpc) is 2.42. The van der Waals surface area contributed by atoms with E-state index in [9.17, 15) is 4.39 Å². The molecule has 0 amide bonds. The summed E-state index contributed by atoms with van der Waals surface area (Å²) in [7, 11) is 0. The Kier molecular flexibility index (Phi) is 5.31. The highest BCUT2D eigenvalue weighted by Crippen LogP contribution is 2.20. The quantitative estimate of drug-likeness (QED) is 0.838. The molecule has 0 unspecified atom stereocenters. The molecule has 1 aliphatic rings. The van der Waals surface area contributed by atoms with E-state index in [1.165, 1.54) is 31.4 Å². The van der Waals surface area contributed by atoms with Crippen molar-refractivity contribution in [2.75, 3.05) is 0 Å². The van der Waals surface area contributed by atoms with Crippen LogP contribution in [0, 0.1) is 5.82 Å². The number of benzene rings is 1. The van der Waals surface area contributed by atoms with Crippen LogP contribution in [0.25, 0.3) is 0 Å². The van der Waals surface area contributed by atoms with Gasteiger partial charge in [0.05, 0.1) is 0 Å². The third-order valence-corrected chi connectivity index (χ3v) is 4.03. The number of nitrogens with one attached hydrogen (secondary N) is 2. The Bertz CT molecular complexity index is 439. The van der Waals surface area contributed by atoms with Crippen molar-refractivity contribution in [1.82, 2.24) is 15.8 Å². The maximum Gasteiger partial charge on any atom is 0.181 e. The van der Waals surface area contributed by atoms with Crippen LogP contribution in [0.3, 0.4) is 0 Å². The van der Waals surface area contributed by atoms with Crippen LogP contribution in [0.4, 0.5) is 4.39 Å². The molecule has 1 aromatic carbocycles. The molecule has 110 valence electrons. The summed E-state index contributed by atoms with van der Waals surface area (Å²) in [5.41, 5.74) is 4.29. The second-order valence-electron chi connectivity index (χ2n) is 5.46. The van der Waals surface area contributed by atoms with Crippen molar-refractivity contribution < 1.29 is 4.39 Å². The first-order valence-electron chi connectivity index (χ1n) is 7.13. The van der Waals surface area contributed by atoms with Crippen LogP contribution in [0.5, 0.6) is 0 Å². The maximum atomic E-state index is 12.8. The molecule has 0 aromatic heterocycles. The molecular weight excluding hydrogens is 273 g/mol. The fourth-order valence-corrected chi connectivity index (χ4v) is 2.76. The molecule has 5 heteroatoms. The lowest BCUT2D eigenvalue weighted by Crippen LogP contribution is -2.56. The number of hydrogen-bond donors (Lipinski definition) is 2. The zero-order chi connectivity index (χ0) is 14.5. The van der Waals surface area contributed by atoms with E-state index in [1.54, 1.807) is 12.1 Å². The minimum Gasteiger partial charge on any atom is -0.358 e. The molecule has 20 heavy (non-hydrogen) atoms. The van der Waals surface area contributed by atoms with Crippen molar-refractivity contribution in [2.24, 2.45) is 0 Å². The molecule has 2 atom stereocenters. The van der Waals surface area contributed by atoms with Crippen molar-refractivity contribution in [3.05, 3.63) is 35.6 Å². The summed E-state index contributed by atoms with van der Waals surface area (Å²) in [5, 5.41) is 6.01. The normalized spacial score (nSPS) is 23.4. The van der Waals surface area contributed by atoms with Crippen LogP contribution in [-0.2, 0) is 6.54 Å². The van der Waals surface area contributed by atoms with E-state index in [0.717, 1.165) is 5.56 Å². The molecule has 1 fully saturated rings. The van der Waals surface area contributed by atoms with Gasteiger partial charge in [-0.25, -0.2) is 9.40 Å². The Labute approximate surface area is 125 Å². The summed E-state index contributed by atoms with van der Waals surface area (Å²) in [5.74, 6) is -0.217. The average molecular weight is 295 g/mol. The number of nitrogens with zero attached hydrogens (tertiary/aromatic N) is 1. The number of rotatable bonds is 3.